The third-order valence-corrected chi connectivity index (χ3v) is 9.27. The van der Waals surface area contributed by atoms with E-state index in [0.717, 1.165) is 24.0 Å². The average molecular weight is 535 g/mol. The molecule has 0 spiro atoms. The summed E-state index contributed by atoms with van der Waals surface area (Å²) in [5.74, 6) is 0. The molecule has 1 heterocycles. The van der Waals surface area contributed by atoms with Crippen LogP contribution in [0.15, 0.2) is 88.7 Å². The molecule has 7 nitrogen and oxygen atoms in total. The maximum Gasteiger partial charge on any atom is 0.243 e. The number of benzene rings is 3. The van der Waals surface area contributed by atoms with Crippen molar-refractivity contribution >= 4 is 31.6 Å². The van der Waals surface area contributed by atoms with Gasteiger partial charge in [0, 0.05) is 31.3 Å². The first-order chi connectivity index (χ1) is 16.7. The number of rotatable bonds is 10. The zero-order valence-electron chi connectivity index (χ0n) is 19.0. The fourth-order valence-electron chi connectivity index (χ4n) is 3.84. The summed E-state index contributed by atoms with van der Waals surface area (Å²) in [6.45, 7) is 1.12. The minimum Gasteiger partial charge on any atom is -0.377 e. The second kappa shape index (κ2) is 11.2. The maximum atomic E-state index is 13.6. The van der Waals surface area contributed by atoms with E-state index in [-0.39, 0.29) is 35.5 Å². The van der Waals surface area contributed by atoms with E-state index in [1.807, 2.05) is 30.3 Å². The molecule has 1 saturated heterocycles. The fourth-order valence-corrected chi connectivity index (χ4v) is 6.45. The second-order valence-corrected chi connectivity index (χ2v) is 12.5. The number of hydrogen-bond acceptors (Lipinski definition) is 5. The number of halogens is 1. The van der Waals surface area contributed by atoms with Gasteiger partial charge in [-0.05, 0) is 60.4 Å². The second-order valence-electron chi connectivity index (χ2n) is 8.34. The molecule has 1 unspecified atom stereocenters. The molecule has 10 heteroatoms. The highest BCUT2D eigenvalue weighted by atomic mass is 35.5. The van der Waals surface area contributed by atoms with E-state index >= 15 is 0 Å². The van der Waals surface area contributed by atoms with E-state index in [2.05, 4.69) is 4.72 Å². The molecule has 3 aromatic carbocycles. The lowest BCUT2D eigenvalue weighted by Gasteiger charge is -2.23. The van der Waals surface area contributed by atoms with E-state index < -0.39 is 20.0 Å². The van der Waals surface area contributed by atoms with Gasteiger partial charge in [0.2, 0.25) is 20.0 Å². The Balaban J connectivity index is 1.56. The SMILES string of the molecule is O=S(=O)(NCC1CCCO1)c1ccc(S(=O)(=O)N(Cc2ccccc2)Cc2ccc(Cl)cc2)cc1. The van der Waals surface area contributed by atoms with Gasteiger partial charge in [-0.15, -0.1) is 0 Å². The molecule has 1 aliphatic heterocycles. The molecule has 0 radical (unpaired) electrons. The largest absolute Gasteiger partial charge is 0.377 e. The van der Waals surface area contributed by atoms with Gasteiger partial charge in [0.25, 0.3) is 0 Å². The van der Waals surface area contributed by atoms with Gasteiger partial charge in [0.1, 0.15) is 0 Å². The quantitative estimate of drug-likeness (QED) is 0.421. The van der Waals surface area contributed by atoms with Crippen LogP contribution in [0.2, 0.25) is 5.02 Å². The number of sulfonamides is 2. The monoisotopic (exact) mass is 534 g/mol. The Hall–Kier alpha value is -2.27. The van der Waals surface area contributed by atoms with Gasteiger partial charge in [0.05, 0.1) is 15.9 Å². The van der Waals surface area contributed by atoms with Crippen LogP contribution >= 0.6 is 11.6 Å². The molecule has 1 fully saturated rings. The topological polar surface area (TPSA) is 92.8 Å². The number of nitrogens with zero attached hydrogens (tertiary/aromatic N) is 1. The van der Waals surface area contributed by atoms with Crippen molar-refractivity contribution in [2.45, 2.75) is 41.8 Å². The first-order valence-electron chi connectivity index (χ1n) is 11.2. The average Bonchev–Trinajstić information content (AvgIpc) is 3.38. The summed E-state index contributed by atoms with van der Waals surface area (Å²) in [6, 6.07) is 21.6. The Bertz CT molecular complexity index is 1320. The van der Waals surface area contributed by atoms with Crippen molar-refractivity contribution in [1.82, 2.24) is 9.03 Å². The van der Waals surface area contributed by atoms with Crippen LogP contribution in [0, 0.1) is 0 Å². The lowest BCUT2D eigenvalue weighted by Crippen LogP contribution is -2.32. The minimum absolute atomic E-state index is 0.00163. The highest BCUT2D eigenvalue weighted by molar-refractivity contribution is 7.89. The van der Waals surface area contributed by atoms with E-state index in [1.54, 1.807) is 24.3 Å². The molecule has 3 aromatic rings. The van der Waals surface area contributed by atoms with Gasteiger partial charge < -0.3 is 4.74 Å². The molecule has 4 rings (SSSR count). The molecule has 35 heavy (non-hydrogen) atoms. The summed E-state index contributed by atoms with van der Waals surface area (Å²) in [5.41, 5.74) is 1.62. The van der Waals surface area contributed by atoms with E-state index in [0.29, 0.717) is 11.6 Å². The molecular formula is C25H27ClN2O5S2. The first kappa shape index (κ1) is 25.8. The number of nitrogens with one attached hydrogen (secondary N) is 1. The summed E-state index contributed by atoms with van der Waals surface area (Å²) in [7, 11) is -7.71. The lowest BCUT2D eigenvalue weighted by atomic mass is 10.2. The molecule has 1 aliphatic rings. The Labute approximate surface area is 211 Å². The van der Waals surface area contributed by atoms with Crippen molar-refractivity contribution in [3.63, 3.8) is 0 Å². The van der Waals surface area contributed by atoms with Crippen LogP contribution in [-0.4, -0.2) is 40.4 Å². The van der Waals surface area contributed by atoms with Crippen LogP contribution in [0.5, 0.6) is 0 Å². The Morgan fingerprint density at radius 2 is 1.43 bits per heavy atom. The molecule has 1 N–H and O–H groups in total. The predicted molar refractivity (Wildman–Crippen MR) is 135 cm³/mol. The summed E-state index contributed by atoms with van der Waals surface area (Å²) in [6.07, 6.45) is 1.59. The molecule has 0 aromatic heterocycles. The Morgan fingerprint density at radius 1 is 0.829 bits per heavy atom. The highest BCUT2D eigenvalue weighted by Crippen LogP contribution is 2.23. The summed E-state index contributed by atoms with van der Waals surface area (Å²) in [4.78, 5) is 0.0160. The summed E-state index contributed by atoms with van der Waals surface area (Å²) < 4.78 is 61.9. The van der Waals surface area contributed by atoms with Crippen molar-refractivity contribution in [2.24, 2.45) is 0 Å². The molecular weight excluding hydrogens is 508 g/mol. The standard InChI is InChI=1S/C25H27ClN2O5S2/c26-22-10-8-21(9-11-22)19-28(18-20-5-2-1-3-6-20)35(31,32)25-14-12-24(13-15-25)34(29,30)27-17-23-7-4-16-33-23/h1-3,5-6,8-15,23,27H,4,7,16-19H2. The smallest absolute Gasteiger partial charge is 0.243 e. The Kier molecular flexibility index (Phi) is 8.26. The molecule has 0 aliphatic carbocycles. The van der Waals surface area contributed by atoms with Gasteiger partial charge in [-0.3, -0.25) is 0 Å². The first-order valence-corrected chi connectivity index (χ1v) is 14.5. The third-order valence-electron chi connectivity index (χ3n) is 5.77. The van der Waals surface area contributed by atoms with Crippen LogP contribution in [0.3, 0.4) is 0 Å². The van der Waals surface area contributed by atoms with Crippen LogP contribution in [0.4, 0.5) is 0 Å². The van der Waals surface area contributed by atoms with Crippen molar-refractivity contribution in [3.05, 3.63) is 95.0 Å². The fraction of sp³-hybridized carbons (Fsp3) is 0.280. The molecule has 0 bridgehead atoms. The van der Waals surface area contributed by atoms with E-state index in [9.17, 15) is 16.8 Å². The normalized spacial score (nSPS) is 16.6. The van der Waals surface area contributed by atoms with Gasteiger partial charge in [-0.2, -0.15) is 4.31 Å². The molecule has 1 atom stereocenters. The maximum absolute atomic E-state index is 13.6. The highest BCUT2D eigenvalue weighted by Gasteiger charge is 2.26. The van der Waals surface area contributed by atoms with Crippen molar-refractivity contribution in [2.75, 3.05) is 13.2 Å². The Morgan fingerprint density at radius 3 is 2.03 bits per heavy atom. The third kappa shape index (κ3) is 6.69. The zero-order valence-corrected chi connectivity index (χ0v) is 21.4. The van der Waals surface area contributed by atoms with Crippen molar-refractivity contribution in [1.29, 1.82) is 0 Å². The van der Waals surface area contributed by atoms with Gasteiger partial charge in [-0.25, -0.2) is 21.6 Å². The van der Waals surface area contributed by atoms with E-state index in [1.165, 1.54) is 28.6 Å². The van der Waals surface area contributed by atoms with Crippen LogP contribution in [0.25, 0.3) is 0 Å². The van der Waals surface area contributed by atoms with Gasteiger partial charge >= 0.3 is 0 Å². The van der Waals surface area contributed by atoms with Crippen molar-refractivity contribution in [3.8, 4) is 0 Å². The molecule has 0 saturated carbocycles. The summed E-state index contributed by atoms with van der Waals surface area (Å²) >= 11 is 5.98. The molecule has 186 valence electrons. The number of hydrogen-bond donors (Lipinski definition) is 1. The van der Waals surface area contributed by atoms with Gasteiger partial charge in [-0.1, -0.05) is 54.1 Å². The minimum atomic E-state index is -3.93. The zero-order chi connectivity index (χ0) is 24.9. The van der Waals surface area contributed by atoms with E-state index in [4.69, 9.17) is 16.3 Å². The van der Waals surface area contributed by atoms with Crippen LogP contribution in [0.1, 0.15) is 24.0 Å². The van der Waals surface area contributed by atoms with Gasteiger partial charge in [0.15, 0.2) is 0 Å². The predicted octanol–water partition coefficient (Wildman–Crippen LogP) is 4.19. The summed E-state index contributed by atoms with van der Waals surface area (Å²) in [5, 5.41) is 0.566. The molecule has 0 amide bonds. The lowest BCUT2D eigenvalue weighted by molar-refractivity contribution is 0.114. The van der Waals surface area contributed by atoms with Crippen LogP contribution in [-0.2, 0) is 37.9 Å². The van der Waals surface area contributed by atoms with Crippen LogP contribution < -0.4 is 4.72 Å². The number of ether oxygens (including phenoxy) is 1. The van der Waals surface area contributed by atoms with Crippen molar-refractivity contribution < 1.29 is 21.6 Å².